The maximum absolute atomic E-state index is 13.5. The Morgan fingerprint density at radius 3 is 2.32 bits per heavy atom. The van der Waals surface area contributed by atoms with Crippen LogP contribution < -0.4 is 10.2 Å². The molecule has 0 aliphatic rings. The largest absolute Gasteiger partial charge is 0.377 e. The molecule has 1 N–H and O–H groups in total. The molecule has 5 heteroatoms. The van der Waals surface area contributed by atoms with Crippen LogP contribution in [0.4, 0.5) is 11.4 Å². The summed E-state index contributed by atoms with van der Waals surface area (Å²) in [7, 11) is 3.98. The number of benzene rings is 4. The summed E-state index contributed by atoms with van der Waals surface area (Å²) in [4.78, 5) is 30.7. The topological polar surface area (TPSA) is 52.7 Å². The molecule has 0 radical (unpaired) electrons. The van der Waals surface area contributed by atoms with E-state index in [1.54, 1.807) is 0 Å². The number of aryl methyl sites for hydroxylation is 1. The van der Waals surface area contributed by atoms with E-state index in [2.05, 4.69) is 19.2 Å². The van der Waals surface area contributed by atoms with E-state index in [1.165, 1.54) is 0 Å². The van der Waals surface area contributed by atoms with Crippen LogP contribution in [-0.2, 0) is 6.54 Å². The summed E-state index contributed by atoms with van der Waals surface area (Å²) in [5.41, 5.74) is 5.06. The lowest BCUT2D eigenvalue weighted by atomic mass is 10.0. The second kappa shape index (κ2) is 11.3. The fraction of sp³-hybridized carbons (Fsp3) is 0.250. The number of carbonyl (C=O) groups is 2. The van der Waals surface area contributed by atoms with Crippen molar-refractivity contribution in [2.24, 2.45) is 5.92 Å². The summed E-state index contributed by atoms with van der Waals surface area (Å²) < 4.78 is 0. The first kappa shape index (κ1) is 26.0. The Kier molecular flexibility index (Phi) is 7.92. The second-order valence-corrected chi connectivity index (χ2v) is 10.2. The number of hydrogen-bond acceptors (Lipinski definition) is 3. The molecule has 0 aliphatic carbocycles. The highest BCUT2D eigenvalue weighted by molar-refractivity contribution is 6.13. The zero-order valence-corrected chi connectivity index (χ0v) is 22.3. The molecule has 0 aliphatic heterocycles. The van der Waals surface area contributed by atoms with Crippen molar-refractivity contribution in [1.82, 2.24) is 4.90 Å². The first-order chi connectivity index (χ1) is 17.7. The van der Waals surface area contributed by atoms with E-state index in [0.717, 1.165) is 27.6 Å². The standard InChI is InChI=1S/C32H35N3O2/c1-22(2)20-35(32(37)25-13-8-10-23(3)18-25)21-26-19-27(16-17-30(26)34(4)5)33-31(36)29-15-9-12-24-11-6-7-14-28(24)29/h6-19,22H,20-21H2,1-5H3,(H,33,36). The highest BCUT2D eigenvalue weighted by atomic mass is 16.2. The van der Waals surface area contributed by atoms with Gasteiger partial charge in [-0.3, -0.25) is 9.59 Å². The third kappa shape index (κ3) is 6.18. The Hall–Kier alpha value is -4.12. The molecule has 0 spiro atoms. The van der Waals surface area contributed by atoms with Gasteiger partial charge < -0.3 is 15.1 Å². The highest BCUT2D eigenvalue weighted by Crippen LogP contribution is 2.27. The molecule has 4 aromatic carbocycles. The van der Waals surface area contributed by atoms with E-state index in [-0.39, 0.29) is 11.8 Å². The molecule has 5 nitrogen and oxygen atoms in total. The molecule has 0 heterocycles. The summed E-state index contributed by atoms with van der Waals surface area (Å²) in [6, 6.07) is 27.2. The molecule has 0 saturated heterocycles. The number of carbonyl (C=O) groups excluding carboxylic acids is 2. The average Bonchev–Trinajstić information content (AvgIpc) is 2.87. The van der Waals surface area contributed by atoms with Crippen molar-refractivity contribution in [1.29, 1.82) is 0 Å². The molecule has 2 amide bonds. The van der Waals surface area contributed by atoms with Gasteiger partial charge in [-0.1, -0.05) is 67.9 Å². The Labute approximate surface area is 219 Å². The average molecular weight is 494 g/mol. The summed E-state index contributed by atoms with van der Waals surface area (Å²) in [6.45, 7) is 7.30. The molecule has 4 rings (SSSR count). The molecule has 0 fully saturated rings. The maximum Gasteiger partial charge on any atom is 0.256 e. The lowest BCUT2D eigenvalue weighted by molar-refractivity contribution is 0.0722. The van der Waals surface area contributed by atoms with Gasteiger partial charge in [-0.25, -0.2) is 0 Å². The van der Waals surface area contributed by atoms with Gasteiger partial charge in [0.25, 0.3) is 11.8 Å². The van der Waals surface area contributed by atoms with Crippen molar-refractivity contribution in [3.63, 3.8) is 0 Å². The van der Waals surface area contributed by atoms with Crippen LogP contribution in [-0.4, -0.2) is 37.4 Å². The van der Waals surface area contributed by atoms with Gasteiger partial charge in [-0.15, -0.1) is 0 Å². The van der Waals surface area contributed by atoms with Crippen LogP contribution in [0.25, 0.3) is 10.8 Å². The summed E-state index contributed by atoms with van der Waals surface area (Å²) in [5, 5.41) is 5.02. The summed E-state index contributed by atoms with van der Waals surface area (Å²) in [5.74, 6) is 0.160. The van der Waals surface area contributed by atoms with E-state index in [0.29, 0.717) is 35.8 Å². The van der Waals surface area contributed by atoms with Crippen molar-refractivity contribution in [3.8, 4) is 0 Å². The molecule has 0 atom stereocenters. The second-order valence-electron chi connectivity index (χ2n) is 10.2. The van der Waals surface area contributed by atoms with E-state index >= 15 is 0 Å². The van der Waals surface area contributed by atoms with Crippen molar-refractivity contribution in [2.45, 2.75) is 27.3 Å². The van der Waals surface area contributed by atoms with Gasteiger partial charge >= 0.3 is 0 Å². The maximum atomic E-state index is 13.5. The lowest BCUT2D eigenvalue weighted by Gasteiger charge is -2.28. The van der Waals surface area contributed by atoms with Gasteiger partial charge in [-0.05, 0) is 65.6 Å². The van der Waals surface area contributed by atoms with Crippen molar-refractivity contribution in [3.05, 3.63) is 107 Å². The summed E-state index contributed by atoms with van der Waals surface area (Å²) in [6.07, 6.45) is 0. The fourth-order valence-corrected chi connectivity index (χ4v) is 4.67. The molecular weight excluding hydrogens is 458 g/mol. The zero-order chi connectivity index (χ0) is 26.5. The predicted molar refractivity (Wildman–Crippen MR) is 153 cm³/mol. The fourth-order valence-electron chi connectivity index (χ4n) is 4.67. The number of rotatable bonds is 8. The number of nitrogens with zero attached hydrogens (tertiary/aromatic N) is 2. The molecule has 4 aromatic rings. The van der Waals surface area contributed by atoms with E-state index in [1.807, 2.05) is 116 Å². The first-order valence-electron chi connectivity index (χ1n) is 12.7. The van der Waals surface area contributed by atoms with Crippen LogP contribution >= 0.6 is 0 Å². The molecular formula is C32H35N3O2. The molecule has 190 valence electrons. The third-order valence-corrected chi connectivity index (χ3v) is 6.35. The van der Waals surface area contributed by atoms with Crippen LogP contribution in [0.3, 0.4) is 0 Å². The molecule has 0 saturated carbocycles. The van der Waals surface area contributed by atoms with E-state index in [9.17, 15) is 9.59 Å². The van der Waals surface area contributed by atoms with Crippen LogP contribution in [0.5, 0.6) is 0 Å². The summed E-state index contributed by atoms with van der Waals surface area (Å²) >= 11 is 0. The van der Waals surface area contributed by atoms with Crippen LogP contribution in [0, 0.1) is 12.8 Å². The monoisotopic (exact) mass is 493 g/mol. The van der Waals surface area contributed by atoms with Crippen molar-refractivity contribution < 1.29 is 9.59 Å². The first-order valence-corrected chi connectivity index (χ1v) is 12.7. The Bertz CT molecular complexity index is 1420. The Morgan fingerprint density at radius 2 is 1.59 bits per heavy atom. The Morgan fingerprint density at radius 1 is 0.865 bits per heavy atom. The Balaban J connectivity index is 1.65. The SMILES string of the molecule is Cc1cccc(C(=O)N(Cc2cc(NC(=O)c3cccc4ccccc34)ccc2N(C)C)CC(C)C)c1. The van der Waals surface area contributed by atoms with Gasteiger partial charge in [0.05, 0.1) is 0 Å². The number of nitrogens with one attached hydrogen (secondary N) is 1. The van der Waals surface area contributed by atoms with Gasteiger partial charge in [-0.2, -0.15) is 0 Å². The van der Waals surface area contributed by atoms with Crippen LogP contribution in [0.15, 0.2) is 84.9 Å². The zero-order valence-electron chi connectivity index (χ0n) is 22.3. The van der Waals surface area contributed by atoms with Crippen molar-refractivity contribution in [2.75, 3.05) is 30.9 Å². The lowest BCUT2D eigenvalue weighted by Crippen LogP contribution is -2.34. The molecule has 37 heavy (non-hydrogen) atoms. The quantitative estimate of drug-likeness (QED) is 0.295. The van der Waals surface area contributed by atoms with Gasteiger partial charge in [0.1, 0.15) is 0 Å². The van der Waals surface area contributed by atoms with Gasteiger partial charge in [0, 0.05) is 49.7 Å². The van der Waals surface area contributed by atoms with Crippen molar-refractivity contribution >= 4 is 34.0 Å². The molecule has 0 aromatic heterocycles. The molecule has 0 bridgehead atoms. The third-order valence-electron chi connectivity index (χ3n) is 6.35. The number of anilines is 2. The van der Waals surface area contributed by atoms with Gasteiger partial charge in [0.2, 0.25) is 0 Å². The highest BCUT2D eigenvalue weighted by Gasteiger charge is 2.20. The number of fused-ring (bicyclic) bond motifs is 1. The smallest absolute Gasteiger partial charge is 0.256 e. The predicted octanol–water partition coefficient (Wildman–Crippen LogP) is 6.76. The minimum Gasteiger partial charge on any atom is -0.377 e. The van der Waals surface area contributed by atoms with E-state index < -0.39 is 0 Å². The van der Waals surface area contributed by atoms with Crippen LogP contribution in [0.1, 0.15) is 45.7 Å². The number of hydrogen-bond donors (Lipinski definition) is 1. The van der Waals surface area contributed by atoms with E-state index in [4.69, 9.17) is 0 Å². The molecule has 0 unspecified atom stereocenters. The number of amides is 2. The minimum absolute atomic E-state index is 0.00676. The normalized spacial score (nSPS) is 11.0. The minimum atomic E-state index is -0.157. The van der Waals surface area contributed by atoms with Crippen LogP contribution in [0.2, 0.25) is 0 Å². The van der Waals surface area contributed by atoms with Gasteiger partial charge in [0.15, 0.2) is 0 Å².